The number of halogens is 3. The van der Waals surface area contributed by atoms with E-state index in [4.69, 9.17) is 33.3 Å². The highest BCUT2D eigenvalue weighted by molar-refractivity contribution is 6.35. The van der Waals surface area contributed by atoms with Crippen LogP contribution in [0.3, 0.4) is 0 Å². The normalized spacial score (nSPS) is 10.7. The van der Waals surface area contributed by atoms with Gasteiger partial charge >= 0.3 is 0 Å². The molecule has 3 rings (SSSR count). The first-order chi connectivity index (χ1) is 14.9. The maximum absolute atomic E-state index is 13.4. The van der Waals surface area contributed by atoms with E-state index in [1.807, 2.05) is 0 Å². The number of hydrogen-bond acceptors (Lipinski definition) is 6. The zero-order valence-corrected chi connectivity index (χ0v) is 17.6. The first kappa shape index (κ1) is 22.2. The number of hydrazone groups is 1. The van der Waals surface area contributed by atoms with Gasteiger partial charge in [0.25, 0.3) is 5.91 Å². The van der Waals surface area contributed by atoms with Gasteiger partial charge in [0.1, 0.15) is 11.6 Å². The van der Waals surface area contributed by atoms with Crippen molar-refractivity contribution in [2.24, 2.45) is 5.10 Å². The Labute approximate surface area is 187 Å². The molecule has 0 saturated heterocycles. The van der Waals surface area contributed by atoms with Crippen molar-refractivity contribution >= 4 is 53.0 Å². The van der Waals surface area contributed by atoms with Crippen molar-refractivity contribution in [3.8, 4) is 16.9 Å². The van der Waals surface area contributed by atoms with Crippen molar-refractivity contribution in [1.29, 1.82) is 5.41 Å². The molecule has 0 atom stereocenters. The smallest absolute Gasteiger partial charge is 0.257 e. The van der Waals surface area contributed by atoms with Crippen molar-refractivity contribution in [2.45, 2.75) is 0 Å². The predicted octanol–water partition coefficient (Wildman–Crippen LogP) is 5.50. The molecule has 0 saturated carbocycles. The average molecular weight is 460 g/mol. The standard InChI is InChI=1S/C21H16Cl2FN5O2/c1-31-19-9-13(24)3-5-15(19)12-2-4-16(17(22)8-12)21(30)28-14-10-18(23)20(26-11-14)29-27-7-6-25/h2-11,25H,1H3,(H,26,29)(H,28,30)/b25-6?,27-7-. The monoisotopic (exact) mass is 459 g/mol. The Morgan fingerprint density at radius 2 is 2.00 bits per heavy atom. The Bertz CT molecular complexity index is 1170. The number of hydrogen-bond donors (Lipinski definition) is 3. The van der Waals surface area contributed by atoms with Crippen LogP contribution in [-0.4, -0.2) is 30.4 Å². The molecule has 0 aliphatic rings. The van der Waals surface area contributed by atoms with Gasteiger partial charge in [-0.15, -0.1) is 0 Å². The number of nitrogens with one attached hydrogen (secondary N) is 3. The Balaban J connectivity index is 1.79. The topological polar surface area (TPSA) is 99.5 Å². The second kappa shape index (κ2) is 10.0. The lowest BCUT2D eigenvalue weighted by atomic mass is 10.0. The Morgan fingerprint density at radius 1 is 1.19 bits per heavy atom. The lowest BCUT2D eigenvalue weighted by molar-refractivity contribution is 0.102. The van der Waals surface area contributed by atoms with E-state index in [9.17, 15) is 9.18 Å². The van der Waals surface area contributed by atoms with Gasteiger partial charge in [-0.1, -0.05) is 29.3 Å². The van der Waals surface area contributed by atoms with Crippen LogP contribution in [0.1, 0.15) is 10.4 Å². The minimum absolute atomic E-state index is 0.208. The fourth-order valence-corrected chi connectivity index (χ4v) is 3.17. The van der Waals surface area contributed by atoms with Crippen LogP contribution < -0.4 is 15.5 Å². The fourth-order valence-electron chi connectivity index (χ4n) is 2.69. The molecular formula is C21H16Cl2FN5O2. The molecule has 1 heterocycles. The summed E-state index contributed by atoms with van der Waals surface area (Å²) in [5.74, 6) is -0.248. The number of benzene rings is 2. The number of nitrogens with zero attached hydrogens (tertiary/aromatic N) is 2. The van der Waals surface area contributed by atoms with E-state index in [-0.39, 0.29) is 21.4 Å². The van der Waals surface area contributed by atoms with Crippen LogP contribution in [0.25, 0.3) is 11.1 Å². The molecule has 1 aromatic heterocycles. The summed E-state index contributed by atoms with van der Waals surface area (Å²) >= 11 is 12.5. The molecule has 3 N–H and O–H groups in total. The van der Waals surface area contributed by atoms with Gasteiger partial charge in [-0.25, -0.2) is 9.37 Å². The lowest BCUT2D eigenvalue weighted by Gasteiger charge is -2.12. The van der Waals surface area contributed by atoms with E-state index >= 15 is 0 Å². The van der Waals surface area contributed by atoms with E-state index in [2.05, 4.69) is 20.8 Å². The number of pyridine rings is 1. The number of methoxy groups -OCH3 is 1. The summed E-state index contributed by atoms with van der Waals surface area (Å²) in [7, 11) is 1.45. The van der Waals surface area contributed by atoms with Gasteiger partial charge < -0.3 is 15.5 Å². The maximum atomic E-state index is 13.4. The number of rotatable bonds is 7. The second-order valence-corrected chi connectivity index (χ2v) is 6.92. The minimum atomic E-state index is -0.456. The van der Waals surface area contributed by atoms with E-state index in [0.29, 0.717) is 22.6 Å². The molecule has 158 valence electrons. The third-order valence-corrected chi connectivity index (χ3v) is 4.71. The Kier molecular flexibility index (Phi) is 7.17. The SMILES string of the molecule is COc1cc(F)ccc1-c1ccc(C(=O)Nc2cnc(N/N=C\C=N)c(Cl)c2)c(Cl)c1. The third-order valence-electron chi connectivity index (χ3n) is 4.11. The number of ether oxygens (including phenoxy) is 1. The molecular weight excluding hydrogens is 444 g/mol. The molecule has 0 radical (unpaired) electrons. The van der Waals surface area contributed by atoms with Gasteiger partial charge in [-0.3, -0.25) is 10.2 Å². The summed E-state index contributed by atoms with van der Waals surface area (Å²) in [5.41, 5.74) is 4.48. The van der Waals surface area contributed by atoms with Gasteiger partial charge in [-0.05, 0) is 35.9 Å². The summed E-state index contributed by atoms with van der Waals surface area (Å²) in [6.45, 7) is 0. The summed E-state index contributed by atoms with van der Waals surface area (Å²) in [4.78, 5) is 16.7. The van der Waals surface area contributed by atoms with Crippen LogP contribution in [0.5, 0.6) is 5.75 Å². The van der Waals surface area contributed by atoms with Crippen molar-refractivity contribution in [3.63, 3.8) is 0 Å². The molecule has 0 fully saturated rings. The third kappa shape index (κ3) is 5.36. The van der Waals surface area contributed by atoms with Gasteiger partial charge in [0.05, 0.1) is 40.8 Å². The fraction of sp³-hybridized carbons (Fsp3) is 0.0476. The molecule has 0 aliphatic heterocycles. The molecule has 1 amide bonds. The van der Waals surface area contributed by atoms with Crippen molar-refractivity contribution in [1.82, 2.24) is 4.98 Å². The van der Waals surface area contributed by atoms with Gasteiger partial charge in [0.15, 0.2) is 5.82 Å². The number of carbonyl (C=O) groups excluding carboxylic acids is 1. The highest BCUT2D eigenvalue weighted by Gasteiger charge is 2.15. The Hall–Kier alpha value is -3.49. The first-order valence-electron chi connectivity index (χ1n) is 8.81. The quantitative estimate of drug-likeness (QED) is 0.320. The molecule has 31 heavy (non-hydrogen) atoms. The molecule has 3 aromatic rings. The lowest BCUT2D eigenvalue weighted by Crippen LogP contribution is -2.13. The van der Waals surface area contributed by atoms with Crippen molar-refractivity contribution in [2.75, 3.05) is 17.9 Å². The zero-order valence-electron chi connectivity index (χ0n) is 16.1. The van der Waals surface area contributed by atoms with E-state index in [1.54, 1.807) is 24.3 Å². The highest BCUT2D eigenvalue weighted by Crippen LogP contribution is 2.33. The van der Waals surface area contributed by atoms with Crippen LogP contribution in [-0.2, 0) is 0 Å². The summed E-state index contributed by atoms with van der Waals surface area (Å²) in [6, 6.07) is 10.5. The van der Waals surface area contributed by atoms with Crippen molar-refractivity contribution in [3.05, 3.63) is 70.1 Å². The van der Waals surface area contributed by atoms with Crippen LogP contribution >= 0.6 is 23.2 Å². The van der Waals surface area contributed by atoms with Crippen molar-refractivity contribution < 1.29 is 13.9 Å². The minimum Gasteiger partial charge on any atom is -0.496 e. The van der Waals surface area contributed by atoms with Crippen LogP contribution in [0, 0.1) is 11.2 Å². The second-order valence-electron chi connectivity index (χ2n) is 6.10. The highest BCUT2D eigenvalue weighted by atomic mass is 35.5. The number of carbonyl (C=O) groups is 1. The molecule has 0 unspecified atom stereocenters. The number of aromatic nitrogens is 1. The summed E-state index contributed by atoms with van der Waals surface area (Å²) < 4.78 is 18.7. The van der Waals surface area contributed by atoms with E-state index in [0.717, 1.165) is 6.21 Å². The van der Waals surface area contributed by atoms with Crippen LogP contribution in [0.15, 0.2) is 53.8 Å². The molecule has 0 spiro atoms. The maximum Gasteiger partial charge on any atom is 0.257 e. The van der Waals surface area contributed by atoms with Gasteiger partial charge in [0.2, 0.25) is 0 Å². The Morgan fingerprint density at radius 3 is 2.68 bits per heavy atom. The molecule has 2 aromatic carbocycles. The molecule has 10 heteroatoms. The largest absolute Gasteiger partial charge is 0.496 e. The molecule has 0 aliphatic carbocycles. The summed E-state index contributed by atoms with van der Waals surface area (Å²) in [6.07, 6.45) is 3.62. The number of anilines is 2. The van der Waals surface area contributed by atoms with E-state index in [1.165, 1.54) is 37.7 Å². The number of amides is 1. The summed E-state index contributed by atoms with van der Waals surface area (Å²) in [5, 5.41) is 13.7. The first-order valence-corrected chi connectivity index (χ1v) is 9.57. The van der Waals surface area contributed by atoms with Crippen LogP contribution in [0.4, 0.5) is 15.9 Å². The molecule has 0 bridgehead atoms. The molecule has 7 nitrogen and oxygen atoms in total. The van der Waals surface area contributed by atoms with E-state index < -0.39 is 11.7 Å². The van der Waals surface area contributed by atoms with Crippen LogP contribution in [0.2, 0.25) is 10.0 Å². The predicted molar refractivity (Wildman–Crippen MR) is 121 cm³/mol. The zero-order chi connectivity index (χ0) is 22.4. The van der Waals surface area contributed by atoms with Gasteiger partial charge in [-0.2, -0.15) is 5.10 Å². The van der Waals surface area contributed by atoms with Gasteiger partial charge in [0, 0.05) is 17.8 Å². The average Bonchev–Trinajstić information content (AvgIpc) is 2.75.